The van der Waals surface area contributed by atoms with E-state index in [1.54, 1.807) is 17.9 Å². The number of ether oxygens (including phenoxy) is 2. The van der Waals surface area contributed by atoms with Gasteiger partial charge in [-0.1, -0.05) is 28.0 Å². The highest BCUT2D eigenvalue weighted by molar-refractivity contribution is 6.32. The first kappa shape index (κ1) is 22.3. The Hall–Kier alpha value is -3.50. The van der Waals surface area contributed by atoms with Crippen LogP contribution < -0.4 is 4.74 Å². The van der Waals surface area contributed by atoms with E-state index < -0.39 is 0 Å². The SMILES string of the molecule is COc1ccc(Cc2nc(-c3ccc4c(c3)nnn4CCC(=O)N3CCOCC3)no2)cc1Cl. The van der Waals surface area contributed by atoms with Gasteiger partial charge in [-0.05, 0) is 35.9 Å². The number of aromatic nitrogens is 5. The van der Waals surface area contributed by atoms with Crippen molar-refractivity contribution in [3.05, 3.63) is 52.9 Å². The van der Waals surface area contributed by atoms with Crippen LogP contribution >= 0.6 is 11.6 Å². The number of aryl methyl sites for hydroxylation is 1. The average molecular weight is 483 g/mol. The first-order chi connectivity index (χ1) is 16.6. The Kier molecular flexibility index (Phi) is 6.41. The summed E-state index contributed by atoms with van der Waals surface area (Å²) >= 11 is 6.20. The zero-order valence-electron chi connectivity index (χ0n) is 18.6. The summed E-state index contributed by atoms with van der Waals surface area (Å²) in [7, 11) is 1.57. The van der Waals surface area contributed by atoms with Crippen molar-refractivity contribution in [2.75, 3.05) is 33.4 Å². The van der Waals surface area contributed by atoms with Gasteiger partial charge in [0.2, 0.25) is 17.6 Å². The Morgan fingerprint density at radius 2 is 2.03 bits per heavy atom. The first-order valence-electron chi connectivity index (χ1n) is 10.9. The molecule has 2 aromatic carbocycles. The third kappa shape index (κ3) is 4.73. The van der Waals surface area contributed by atoms with Crippen molar-refractivity contribution in [1.29, 1.82) is 0 Å². The van der Waals surface area contributed by atoms with Crippen LogP contribution in [0.5, 0.6) is 5.75 Å². The molecule has 10 nitrogen and oxygen atoms in total. The monoisotopic (exact) mass is 482 g/mol. The number of fused-ring (bicyclic) bond motifs is 1. The molecule has 3 heterocycles. The standard InChI is InChI=1S/C23H23ClN6O4/c1-32-20-5-2-15(12-17(20)24)13-21-25-23(27-34-21)16-3-4-19-18(14-16)26-28-30(19)7-6-22(31)29-8-10-33-11-9-29/h2-5,12,14H,6-11,13H2,1H3. The smallest absolute Gasteiger partial charge is 0.231 e. The molecule has 1 fully saturated rings. The third-order valence-corrected chi connectivity index (χ3v) is 6.01. The van der Waals surface area contributed by atoms with Crippen LogP contribution in [0, 0.1) is 0 Å². The number of rotatable bonds is 7. The molecule has 1 saturated heterocycles. The minimum absolute atomic E-state index is 0.0982. The normalized spacial score (nSPS) is 14.0. The maximum absolute atomic E-state index is 12.4. The van der Waals surface area contributed by atoms with E-state index in [0.717, 1.165) is 16.6 Å². The largest absolute Gasteiger partial charge is 0.495 e. The molecule has 1 aliphatic rings. The predicted molar refractivity (Wildman–Crippen MR) is 124 cm³/mol. The van der Waals surface area contributed by atoms with Gasteiger partial charge in [0.25, 0.3) is 0 Å². The summed E-state index contributed by atoms with van der Waals surface area (Å²) in [6.07, 6.45) is 0.816. The summed E-state index contributed by atoms with van der Waals surface area (Å²) in [6.45, 7) is 2.92. The molecule has 4 aromatic rings. The van der Waals surface area contributed by atoms with E-state index in [0.29, 0.717) is 73.7 Å². The van der Waals surface area contributed by atoms with Gasteiger partial charge in [-0.15, -0.1) is 5.10 Å². The lowest BCUT2D eigenvalue weighted by atomic mass is 10.1. The summed E-state index contributed by atoms with van der Waals surface area (Å²) in [5, 5.41) is 13.1. The Morgan fingerprint density at radius 1 is 1.18 bits per heavy atom. The minimum atomic E-state index is 0.0982. The van der Waals surface area contributed by atoms with Crippen LogP contribution in [0.15, 0.2) is 40.9 Å². The maximum atomic E-state index is 12.4. The molecule has 0 N–H and O–H groups in total. The van der Waals surface area contributed by atoms with Crippen molar-refractivity contribution >= 4 is 28.5 Å². The second-order valence-electron chi connectivity index (χ2n) is 7.92. The van der Waals surface area contributed by atoms with E-state index in [9.17, 15) is 4.79 Å². The average Bonchev–Trinajstić information content (AvgIpc) is 3.50. The second-order valence-corrected chi connectivity index (χ2v) is 8.32. The van der Waals surface area contributed by atoms with E-state index >= 15 is 0 Å². The number of morpholine rings is 1. The summed E-state index contributed by atoms with van der Waals surface area (Å²) in [5.41, 5.74) is 3.25. The number of hydrogen-bond acceptors (Lipinski definition) is 8. The fourth-order valence-corrected chi connectivity index (χ4v) is 4.17. The fraction of sp³-hybridized carbons (Fsp3) is 0.348. The van der Waals surface area contributed by atoms with Gasteiger partial charge in [0.1, 0.15) is 11.3 Å². The Morgan fingerprint density at radius 3 is 2.82 bits per heavy atom. The number of halogens is 1. The van der Waals surface area contributed by atoms with Gasteiger partial charge in [-0.2, -0.15) is 4.98 Å². The summed E-state index contributed by atoms with van der Waals surface area (Å²) in [5.74, 6) is 1.65. The van der Waals surface area contributed by atoms with Crippen molar-refractivity contribution < 1.29 is 18.8 Å². The molecule has 0 atom stereocenters. The van der Waals surface area contributed by atoms with Gasteiger partial charge in [0.05, 0.1) is 43.8 Å². The highest BCUT2D eigenvalue weighted by Crippen LogP contribution is 2.26. The molecular formula is C23H23ClN6O4. The Bertz CT molecular complexity index is 1310. The van der Waals surface area contributed by atoms with Crippen molar-refractivity contribution in [3.8, 4) is 17.1 Å². The summed E-state index contributed by atoms with van der Waals surface area (Å²) in [4.78, 5) is 18.8. The van der Waals surface area contributed by atoms with Crippen LogP contribution in [0.3, 0.4) is 0 Å². The Labute approximate surface area is 200 Å². The number of carbonyl (C=O) groups is 1. The molecule has 176 valence electrons. The number of hydrogen-bond donors (Lipinski definition) is 0. The van der Waals surface area contributed by atoms with Gasteiger partial charge >= 0.3 is 0 Å². The van der Waals surface area contributed by atoms with Crippen molar-refractivity contribution in [2.45, 2.75) is 19.4 Å². The van der Waals surface area contributed by atoms with Gasteiger partial charge < -0.3 is 18.9 Å². The first-order valence-corrected chi connectivity index (χ1v) is 11.3. The van der Waals surface area contributed by atoms with Crippen LogP contribution in [0.1, 0.15) is 17.9 Å². The van der Waals surface area contributed by atoms with E-state index in [2.05, 4.69) is 20.5 Å². The topological polar surface area (TPSA) is 108 Å². The van der Waals surface area contributed by atoms with Crippen molar-refractivity contribution in [3.63, 3.8) is 0 Å². The van der Waals surface area contributed by atoms with E-state index in [1.165, 1.54) is 0 Å². The molecule has 0 saturated carbocycles. The molecule has 0 spiro atoms. The van der Waals surface area contributed by atoms with E-state index in [1.807, 2.05) is 35.2 Å². The van der Waals surface area contributed by atoms with Crippen LogP contribution in [-0.4, -0.2) is 69.4 Å². The van der Waals surface area contributed by atoms with Crippen LogP contribution in [0.4, 0.5) is 0 Å². The zero-order valence-corrected chi connectivity index (χ0v) is 19.4. The van der Waals surface area contributed by atoms with Crippen LogP contribution in [0.2, 0.25) is 5.02 Å². The molecule has 11 heteroatoms. The summed E-state index contributed by atoms with van der Waals surface area (Å²) < 4.78 is 17.7. The van der Waals surface area contributed by atoms with Gasteiger partial charge in [0, 0.05) is 25.1 Å². The van der Waals surface area contributed by atoms with Crippen molar-refractivity contribution in [2.24, 2.45) is 0 Å². The highest BCUT2D eigenvalue weighted by atomic mass is 35.5. The molecule has 5 rings (SSSR count). The molecule has 1 amide bonds. The van der Waals surface area contributed by atoms with E-state index in [4.69, 9.17) is 25.6 Å². The molecule has 0 radical (unpaired) electrons. The molecule has 0 aliphatic carbocycles. The number of nitrogens with zero attached hydrogens (tertiary/aromatic N) is 6. The van der Waals surface area contributed by atoms with Gasteiger partial charge in [-0.3, -0.25) is 4.79 Å². The summed E-state index contributed by atoms with van der Waals surface area (Å²) in [6, 6.07) is 11.2. The molecule has 2 aromatic heterocycles. The van der Waals surface area contributed by atoms with Gasteiger partial charge in [-0.25, -0.2) is 4.68 Å². The maximum Gasteiger partial charge on any atom is 0.231 e. The quantitative estimate of drug-likeness (QED) is 0.395. The number of benzene rings is 2. The third-order valence-electron chi connectivity index (χ3n) is 5.71. The molecular weight excluding hydrogens is 460 g/mol. The lowest BCUT2D eigenvalue weighted by molar-refractivity contribution is -0.135. The highest BCUT2D eigenvalue weighted by Gasteiger charge is 2.18. The Balaban J connectivity index is 1.26. The molecule has 0 unspecified atom stereocenters. The van der Waals surface area contributed by atoms with E-state index in [-0.39, 0.29) is 5.91 Å². The van der Waals surface area contributed by atoms with Crippen LogP contribution in [-0.2, 0) is 22.5 Å². The zero-order chi connectivity index (χ0) is 23.5. The molecule has 1 aliphatic heterocycles. The predicted octanol–water partition coefficient (Wildman–Crippen LogP) is 2.98. The van der Waals surface area contributed by atoms with Crippen molar-refractivity contribution in [1.82, 2.24) is 30.0 Å². The number of carbonyl (C=O) groups excluding carboxylic acids is 1. The minimum Gasteiger partial charge on any atom is -0.495 e. The van der Waals surface area contributed by atoms with Gasteiger partial charge in [0.15, 0.2) is 0 Å². The second kappa shape index (κ2) is 9.78. The lowest BCUT2D eigenvalue weighted by Crippen LogP contribution is -2.41. The number of amides is 1. The van der Waals surface area contributed by atoms with Crippen LogP contribution in [0.25, 0.3) is 22.4 Å². The molecule has 34 heavy (non-hydrogen) atoms. The lowest BCUT2D eigenvalue weighted by Gasteiger charge is -2.26. The number of methoxy groups -OCH3 is 1. The fourth-order valence-electron chi connectivity index (χ4n) is 3.89. The molecule has 0 bridgehead atoms.